The average Bonchev–Trinajstić information content (AvgIpc) is 3.45. The Balaban J connectivity index is 1.54. The minimum absolute atomic E-state index is 0.0302. The molecule has 2 amide bonds. The van der Waals surface area contributed by atoms with E-state index in [4.69, 9.17) is 0 Å². The molecule has 4 nitrogen and oxygen atoms in total. The van der Waals surface area contributed by atoms with E-state index >= 15 is 0 Å². The molecule has 0 bridgehead atoms. The minimum atomic E-state index is -0.340. The molecule has 0 atom stereocenters. The van der Waals surface area contributed by atoms with Gasteiger partial charge in [-0.3, -0.25) is 9.59 Å². The van der Waals surface area contributed by atoms with Crippen LogP contribution in [-0.4, -0.2) is 47.8 Å². The molecule has 1 heterocycles. The number of piperidine rings is 1. The fraction of sp³-hybridized carbons (Fsp3) is 0.600. The van der Waals surface area contributed by atoms with Gasteiger partial charge in [0.2, 0.25) is 5.91 Å². The van der Waals surface area contributed by atoms with Gasteiger partial charge in [0.05, 0.1) is 0 Å². The van der Waals surface area contributed by atoms with Crippen LogP contribution in [0.1, 0.15) is 49.4 Å². The first-order valence-electron chi connectivity index (χ1n) is 9.42. The molecule has 2 aliphatic rings. The molecular weight excluding hydrogens is 319 g/mol. The molecule has 0 unspecified atom stereocenters. The van der Waals surface area contributed by atoms with Gasteiger partial charge in [-0.1, -0.05) is 6.92 Å². The van der Waals surface area contributed by atoms with Crippen molar-refractivity contribution in [1.29, 1.82) is 0 Å². The summed E-state index contributed by atoms with van der Waals surface area (Å²) in [5.74, 6) is 0.586. The summed E-state index contributed by atoms with van der Waals surface area (Å²) in [5.41, 5.74) is 0.507. The lowest BCUT2D eigenvalue weighted by atomic mass is 9.94. The number of carbonyl (C=O) groups is 2. The number of nitrogens with zero attached hydrogens (tertiary/aromatic N) is 2. The topological polar surface area (TPSA) is 40.6 Å². The van der Waals surface area contributed by atoms with Crippen LogP contribution in [0.5, 0.6) is 0 Å². The summed E-state index contributed by atoms with van der Waals surface area (Å²) in [5, 5.41) is 0. The highest BCUT2D eigenvalue weighted by Crippen LogP contribution is 2.31. The van der Waals surface area contributed by atoms with Crippen molar-refractivity contribution >= 4 is 11.8 Å². The van der Waals surface area contributed by atoms with Crippen molar-refractivity contribution < 1.29 is 14.0 Å². The number of benzene rings is 1. The third-order valence-corrected chi connectivity index (χ3v) is 5.20. The van der Waals surface area contributed by atoms with Gasteiger partial charge in [0.15, 0.2) is 0 Å². The van der Waals surface area contributed by atoms with Gasteiger partial charge in [-0.15, -0.1) is 0 Å². The quantitative estimate of drug-likeness (QED) is 0.793. The van der Waals surface area contributed by atoms with E-state index in [1.54, 1.807) is 4.90 Å². The van der Waals surface area contributed by atoms with Crippen molar-refractivity contribution in [3.63, 3.8) is 0 Å². The van der Waals surface area contributed by atoms with Gasteiger partial charge in [0.25, 0.3) is 5.91 Å². The first-order chi connectivity index (χ1) is 12.1. The van der Waals surface area contributed by atoms with Crippen LogP contribution in [0.25, 0.3) is 0 Å². The SMILES string of the molecule is CCCN(CC1CC1)C(=O)C1CCN(C(=O)c2ccc(F)cc2)CC1. The van der Waals surface area contributed by atoms with Crippen LogP contribution in [0, 0.1) is 17.7 Å². The van der Waals surface area contributed by atoms with Crippen LogP contribution in [0.4, 0.5) is 4.39 Å². The minimum Gasteiger partial charge on any atom is -0.342 e. The molecule has 3 rings (SSSR count). The fourth-order valence-corrected chi connectivity index (χ4v) is 3.54. The number of hydrogen-bond donors (Lipinski definition) is 0. The summed E-state index contributed by atoms with van der Waals surface area (Å²) >= 11 is 0. The maximum absolute atomic E-state index is 13.0. The number of halogens is 1. The van der Waals surface area contributed by atoms with Crippen molar-refractivity contribution in [2.45, 2.75) is 39.0 Å². The highest BCUT2D eigenvalue weighted by Gasteiger charge is 2.33. The Morgan fingerprint density at radius 3 is 2.32 bits per heavy atom. The van der Waals surface area contributed by atoms with Crippen molar-refractivity contribution in [3.05, 3.63) is 35.6 Å². The summed E-state index contributed by atoms with van der Waals surface area (Å²) in [6.45, 7) is 5.04. The van der Waals surface area contributed by atoms with E-state index in [0.29, 0.717) is 24.6 Å². The molecule has 25 heavy (non-hydrogen) atoms. The molecule has 1 aliphatic heterocycles. The van der Waals surface area contributed by atoms with E-state index in [2.05, 4.69) is 6.92 Å². The van der Waals surface area contributed by atoms with Crippen LogP contribution >= 0.6 is 0 Å². The van der Waals surface area contributed by atoms with E-state index in [-0.39, 0.29) is 23.5 Å². The van der Waals surface area contributed by atoms with Gasteiger partial charge < -0.3 is 9.80 Å². The zero-order valence-electron chi connectivity index (χ0n) is 14.9. The standard InChI is InChI=1S/C20H27FN2O2/c1-2-11-23(14-15-3-4-15)20(25)17-9-12-22(13-10-17)19(24)16-5-7-18(21)8-6-16/h5-8,15,17H,2-4,9-14H2,1H3. The Bertz CT molecular complexity index is 605. The summed E-state index contributed by atoms with van der Waals surface area (Å²) in [4.78, 5) is 29.1. The molecule has 1 saturated heterocycles. The molecule has 136 valence electrons. The third-order valence-electron chi connectivity index (χ3n) is 5.20. The Kier molecular flexibility index (Phi) is 5.71. The molecule has 1 aromatic rings. The predicted octanol–water partition coefficient (Wildman–Crippen LogP) is 3.33. The van der Waals surface area contributed by atoms with Crippen molar-refractivity contribution in [1.82, 2.24) is 9.80 Å². The van der Waals surface area contributed by atoms with Gasteiger partial charge in [0.1, 0.15) is 5.82 Å². The monoisotopic (exact) mass is 346 g/mol. The number of amides is 2. The fourth-order valence-electron chi connectivity index (χ4n) is 3.54. The van der Waals surface area contributed by atoms with Crippen LogP contribution in [0.15, 0.2) is 24.3 Å². The smallest absolute Gasteiger partial charge is 0.253 e. The van der Waals surface area contributed by atoms with E-state index < -0.39 is 0 Å². The predicted molar refractivity (Wildman–Crippen MR) is 94.6 cm³/mol. The lowest BCUT2D eigenvalue weighted by Crippen LogP contribution is -2.45. The molecule has 0 spiro atoms. The normalized spacial score (nSPS) is 18.2. The van der Waals surface area contributed by atoms with Gasteiger partial charge in [0, 0.05) is 37.7 Å². The van der Waals surface area contributed by atoms with Crippen LogP contribution in [0.3, 0.4) is 0 Å². The molecule has 0 radical (unpaired) electrons. The first kappa shape index (κ1) is 17.9. The summed E-state index contributed by atoms with van der Waals surface area (Å²) in [7, 11) is 0. The number of rotatable bonds is 6. The average molecular weight is 346 g/mol. The second kappa shape index (κ2) is 7.98. The van der Waals surface area contributed by atoms with E-state index in [0.717, 1.165) is 32.4 Å². The summed E-state index contributed by atoms with van der Waals surface area (Å²) in [6, 6.07) is 5.66. The first-order valence-corrected chi connectivity index (χ1v) is 9.42. The molecule has 2 fully saturated rings. The van der Waals surface area contributed by atoms with Crippen LogP contribution < -0.4 is 0 Å². The second-order valence-electron chi connectivity index (χ2n) is 7.30. The van der Waals surface area contributed by atoms with E-state index in [9.17, 15) is 14.0 Å². The third kappa shape index (κ3) is 4.59. The van der Waals surface area contributed by atoms with Gasteiger partial charge >= 0.3 is 0 Å². The Morgan fingerprint density at radius 2 is 1.76 bits per heavy atom. The number of hydrogen-bond acceptors (Lipinski definition) is 2. The molecule has 0 aromatic heterocycles. The van der Waals surface area contributed by atoms with Gasteiger partial charge in [-0.05, 0) is 62.3 Å². The summed E-state index contributed by atoms with van der Waals surface area (Å²) < 4.78 is 13.0. The Hall–Kier alpha value is -1.91. The van der Waals surface area contributed by atoms with Crippen LogP contribution in [0.2, 0.25) is 0 Å². The lowest BCUT2D eigenvalue weighted by molar-refractivity contribution is -0.137. The molecule has 1 saturated carbocycles. The summed E-state index contributed by atoms with van der Waals surface area (Å²) in [6.07, 6.45) is 4.92. The molecule has 0 N–H and O–H groups in total. The van der Waals surface area contributed by atoms with Gasteiger partial charge in [-0.25, -0.2) is 4.39 Å². The zero-order valence-corrected chi connectivity index (χ0v) is 14.9. The highest BCUT2D eigenvalue weighted by molar-refractivity contribution is 5.94. The number of carbonyl (C=O) groups excluding carboxylic acids is 2. The second-order valence-corrected chi connectivity index (χ2v) is 7.30. The maximum atomic E-state index is 13.0. The number of likely N-dealkylation sites (tertiary alicyclic amines) is 1. The maximum Gasteiger partial charge on any atom is 0.253 e. The molecule has 5 heteroatoms. The Labute approximate surface area is 149 Å². The Morgan fingerprint density at radius 1 is 1.12 bits per heavy atom. The van der Waals surface area contributed by atoms with Crippen molar-refractivity contribution in [2.75, 3.05) is 26.2 Å². The molecule has 1 aliphatic carbocycles. The van der Waals surface area contributed by atoms with Crippen molar-refractivity contribution in [3.8, 4) is 0 Å². The molecular formula is C20H27FN2O2. The van der Waals surface area contributed by atoms with E-state index in [1.807, 2.05) is 4.90 Å². The van der Waals surface area contributed by atoms with Crippen LogP contribution in [-0.2, 0) is 4.79 Å². The molecule has 1 aromatic carbocycles. The van der Waals surface area contributed by atoms with Gasteiger partial charge in [-0.2, -0.15) is 0 Å². The highest BCUT2D eigenvalue weighted by atomic mass is 19.1. The lowest BCUT2D eigenvalue weighted by Gasteiger charge is -2.34. The zero-order chi connectivity index (χ0) is 17.8. The van der Waals surface area contributed by atoms with E-state index in [1.165, 1.54) is 37.1 Å². The van der Waals surface area contributed by atoms with Crippen molar-refractivity contribution in [2.24, 2.45) is 11.8 Å². The largest absolute Gasteiger partial charge is 0.342 e.